The Morgan fingerprint density at radius 3 is 2.31 bits per heavy atom. The molecule has 0 unspecified atom stereocenters. The Bertz CT molecular complexity index is 282. The van der Waals surface area contributed by atoms with Crippen LogP contribution in [0.1, 0.15) is 19.3 Å². The number of likely N-dealkylation sites (tertiary alicyclic amines) is 1. The largest absolute Gasteiger partial charge is 0.343 e. The predicted molar refractivity (Wildman–Crippen MR) is 50.1 cm³/mol. The van der Waals surface area contributed by atoms with Crippen LogP contribution in [-0.4, -0.2) is 38.1 Å². The van der Waals surface area contributed by atoms with Crippen molar-refractivity contribution >= 4 is 25.6 Å². The van der Waals surface area contributed by atoms with Crippen molar-refractivity contribution in [2.75, 3.05) is 18.8 Å². The normalized spacial score (nSPS) is 17.8. The molecule has 1 aliphatic heterocycles. The van der Waals surface area contributed by atoms with Crippen LogP contribution in [0.2, 0.25) is 0 Å². The fourth-order valence-corrected chi connectivity index (χ4v) is 1.98. The Morgan fingerprint density at radius 1 is 1.31 bits per heavy atom. The van der Waals surface area contributed by atoms with Gasteiger partial charge in [0.15, 0.2) is 0 Å². The van der Waals surface area contributed by atoms with Crippen molar-refractivity contribution in [2.45, 2.75) is 19.3 Å². The van der Waals surface area contributed by atoms with E-state index in [1.807, 2.05) is 0 Å². The number of amides is 1. The number of carbonyl (C=O) groups is 1. The molecule has 0 aromatic rings. The summed E-state index contributed by atoms with van der Waals surface area (Å²) < 4.78 is 21.1. The summed E-state index contributed by atoms with van der Waals surface area (Å²) in [7, 11) is 1.46. The monoisotopic (exact) mass is 225 g/mol. The highest BCUT2D eigenvalue weighted by Crippen LogP contribution is 2.10. The zero-order valence-electron chi connectivity index (χ0n) is 7.20. The topological polar surface area (TPSA) is 54.5 Å². The van der Waals surface area contributed by atoms with Gasteiger partial charge in [0.2, 0.25) is 15.0 Å². The summed E-state index contributed by atoms with van der Waals surface area (Å²) in [4.78, 5) is 13.0. The highest BCUT2D eigenvalue weighted by atomic mass is 35.7. The molecule has 6 heteroatoms. The van der Waals surface area contributed by atoms with E-state index in [1.54, 1.807) is 4.90 Å². The lowest BCUT2D eigenvalue weighted by molar-refractivity contribution is -0.129. The van der Waals surface area contributed by atoms with Crippen molar-refractivity contribution in [3.8, 4) is 0 Å². The second kappa shape index (κ2) is 4.28. The second-order valence-electron chi connectivity index (χ2n) is 3.08. The molecule has 0 saturated carbocycles. The third-order valence-corrected chi connectivity index (χ3v) is 3.17. The average Bonchev–Trinajstić information content (AvgIpc) is 2.50. The Hall–Kier alpha value is -0.290. The van der Waals surface area contributed by atoms with Crippen LogP contribution in [0.3, 0.4) is 0 Å². The fraction of sp³-hybridized carbons (Fsp3) is 0.857. The van der Waals surface area contributed by atoms with Gasteiger partial charge in [-0.3, -0.25) is 4.79 Å². The molecule has 1 heterocycles. The molecule has 0 aliphatic carbocycles. The SMILES string of the molecule is O=C(CCS(=O)(=O)Cl)N1CCCC1. The zero-order valence-corrected chi connectivity index (χ0v) is 8.77. The summed E-state index contributed by atoms with van der Waals surface area (Å²) in [6.45, 7) is 1.50. The summed E-state index contributed by atoms with van der Waals surface area (Å²) in [6, 6.07) is 0. The van der Waals surface area contributed by atoms with Gasteiger partial charge in [-0.05, 0) is 12.8 Å². The van der Waals surface area contributed by atoms with E-state index >= 15 is 0 Å². The van der Waals surface area contributed by atoms with Gasteiger partial charge in [0.05, 0.1) is 5.75 Å². The summed E-state index contributed by atoms with van der Waals surface area (Å²) in [5.74, 6) is -0.370. The van der Waals surface area contributed by atoms with E-state index < -0.39 is 9.05 Å². The van der Waals surface area contributed by atoms with E-state index in [0.717, 1.165) is 25.9 Å². The van der Waals surface area contributed by atoms with Crippen LogP contribution in [0.15, 0.2) is 0 Å². The Labute approximate surface area is 82.3 Å². The number of halogens is 1. The predicted octanol–water partition coefficient (Wildman–Crippen LogP) is 0.568. The van der Waals surface area contributed by atoms with Crippen LogP contribution in [0.25, 0.3) is 0 Å². The van der Waals surface area contributed by atoms with Crippen LogP contribution in [0, 0.1) is 0 Å². The molecular weight excluding hydrogens is 214 g/mol. The molecule has 1 rings (SSSR count). The summed E-state index contributed by atoms with van der Waals surface area (Å²) in [5, 5.41) is 0. The quantitative estimate of drug-likeness (QED) is 0.660. The molecular formula is C7H12ClNO3S. The first kappa shape index (κ1) is 10.8. The molecule has 0 spiro atoms. The number of nitrogens with zero attached hydrogens (tertiary/aromatic N) is 1. The minimum absolute atomic E-state index is 0.00579. The first-order valence-corrected chi connectivity index (χ1v) is 6.67. The number of hydrogen-bond acceptors (Lipinski definition) is 3. The molecule has 1 aliphatic rings. The third-order valence-electron chi connectivity index (χ3n) is 2.02. The lowest BCUT2D eigenvalue weighted by Gasteiger charge is -2.13. The molecule has 0 atom stereocenters. The zero-order chi connectivity index (χ0) is 9.90. The Balaban J connectivity index is 2.33. The molecule has 1 saturated heterocycles. The summed E-state index contributed by atoms with van der Waals surface area (Å²) >= 11 is 0. The van der Waals surface area contributed by atoms with Gasteiger partial charge in [-0.25, -0.2) is 8.42 Å². The van der Waals surface area contributed by atoms with E-state index in [4.69, 9.17) is 10.7 Å². The van der Waals surface area contributed by atoms with Crippen LogP contribution in [0.4, 0.5) is 0 Å². The number of carbonyl (C=O) groups excluding carboxylic acids is 1. The first-order valence-electron chi connectivity index (χ1n) is 4.19. The van der Waals surface area contributed by atoms with E-state index in [1.165, 1.54) is 0 Å². The first-order chi connectivity index (χ1) is 5.99. The minimum Gasteiger partial charge on any atom is -0.343 e. The van der Waals surface area contributed by atoms with Crippen LogP contribution in [-0.2, 0) is 13.8 Å². The molecule has 0 aromatic carbocycles. The van der Waals surface area contributed by atoms with Crippen molar-refractivity contribution in [1.29, 1.82) is 0 Å². The van der Waals surface area contributed by atoms with E-state index in [2.05, 4.69) is 0 Å². The molecule has 1 fully saturated rings. The van der Waals surface area contributed by atoms with Crippen molar-refractivity contribution < 1.29 is 13.2 Å². The molecule has 0 aromatic heterocycles. The maximum atomic E-state index is 11.3. The summed E-state index contributed by atoms with van der Waals surface area (Å²) in [5.41, 5.74) is 0. The molecule has 0 radical (unpaired) electrons. The van der Waals surface area contributed by atoms with Gasteiger partial charge < -0.3 is 4.90 Å². The van der Waals surface area contributed by atoms with Crippen LogP contribution in [0.5, 0.6) is 0 Å². The smallest absolute Gasteiger partial charge is 0.233 e. The van der Waals surface area contributed by atoms with Crippen molar-refractivity contribution in [1.82, 2.24) is 4.90 Å². The number of rotatable bonds is 3. The summed E-state index contributed by atoms with van der Waals surface area (Å²) in [6.07, 6.45) is 2.03. The number of hydrogen-bond donors (Lipinski definition) is 0. The van der Waals surface area contributed by atoms with Gasteiger partial charge in [0.1, 0.15) is 0 Å². The highest BCUT2D eigenvalue weighted by Gasteiger charge is 2.19. The van der Waals surface area contributed by atoms with Gasteiger partial charge in [0, 0.05) is 30.2 Å². The Kier molecular flexibility index (Phi) is 3.55. The van der Waals surface area contributed by atoms with Crippen LogP contribution >= 0.6 is 10.7 Å². The lowest BCUT2D eigenvalue weighted by Crippen LogP contribution is -2.28. The fourth-order valence-electron chi connectivity index (χ4n) is 1.33. The maximum Gasteiger partial charge on any atom is 0.233 e. The van der Waals surface area contributed by atoms with E-state index in [0.29, 0.717) is 0 Å². The molecule has 4 nitrogen and oxygen atoms in total. The van der Waals surface area contributed by atoms with E-state index in [-0.39, 0.29) is 18.1 Å². The van der Waals surface area contributed by atoms with Gasteiger partial charge >= 0.3 is 0 Å². The minimum atomic E-state index is -3.52. The van der Waals surface area contributed by atoms with Gasteiger partial charge in [-0.15, -0.1) is 0 Å². The molecule has 0 bridgehead atoms. The second-order valence-corrected chi connectivity index (χ2v) is 5.98. The van der Waals surface area contributed by atoms with Gasteiger partial charge in [-0.1, -0.05) is 0 Å². The van der Waals surface area contributed by atoms with Crippen molar-refractivity contribution in [2.24, 2.45) is 0 Å². The van der Waals surface area contributed by atoms with Gasteiger partial charge in [0.25, 0.3) is 0 Å². The highest BCUT2D eigenvalue weighted by molar-refractivity contribution is 8.13. The standard InChI is InChI=1S/C7H12ClNO3S/c8-13(11,12)6-3-7(10)9-4-1-2-5-9/h1-6H2. The Morgan fingerprint density at radius 2 is 1.85 bits per heavy atom. The van der Waals surface area contributed by atoms with Crippen molar-refractivity contribution in [3.63, 3.8) is 0 Å². The molecule has 13 heavy (non-hydrogen) atoms. The molecule has 1 amide bonds. The maximum absolute atomic E-state index is 11.3. The third kappa shape index (κ3) is 3.95. The average molecular weight is 226 g/mol. The molecule has 0 N–H and O–H groups in total. The van der Waals surface area contributed by atoms with Crippen LogP contribution < -0.4 is 0 Å². The van der Waals surface area contributed by atoms with E-state index in [9.17, 15) is 13.2 Å². The van der Waals surface area contributed by atoms with Gasteiger partial charge in [-0.2, -0.15) is 0 Å². The lowest BCUT2D eigenvalue weighted by atomic mass is 10.4. The van der Waals surface area contributed by atoms with Crippen molar-refractivity contribution in [3.05, 3.63) is 0 Å². The molecule has 76 valence electrons.